The fraction of sp³-hybridized carbons (Fsp3) is 0.360. The van der Waals surface area contributed by atoms with Crippen molar-refractivity contribution in [3.63, 3.8) is 0 Å². The van der Waals surface area contributed by atoms with E-state index >= 15 is 0 Å². The molecule has 5 heterocycles. The van der Waals surface area contributed by atoms with Crippen LogP contribution in [0.2, 0.25) is 0 Å². The monoisotopic (exact) mass is 872 g/mol. The van der Waals surface area contributed by atoms with Gasteiger partial charge in [-0.3, -0.25) is 24.5 Å². The number of anilines is 1. The summed E-state index contributed by atoms with van der Waals surface area (Å²) in [5, 5.41) is 21.7. The average Bonchev–Trinajstić information content (AvgIpc) is 3.87. The van der Waals surface area contributed by atoms with Gasteiger partial charge in [-0.2, -0.15) is 10.4 Å². The number of hydrogen-bond donors (Lipinski definition) is 3. The van der Waals surface area contributed by atoms with E-state index in [4.69, 9.17) is 15.6 Å². The summed E-state index contributed by atoms with van der Waals surface area (Å²) in [6.07, 6.45) is 9.70. The second-order valence-corrected chi connectivity index (χ2v) is 17.3. The topological polar surface area (TPSA) is 201 Å². The molecular formula is C50H52N10O5. The van der Waals surface area contributed by atoms with E-state index in [9.17, 15) is 24.4 Å². The highest BCUT2D eigenvalue weighted by Crippen LogP contribution is 2.35. The summed E-state index contributed by atoms with van der Waals surface area (Å²) >= 11 is 0. The van der Waals surface area contributed by atoms with Crippen molar-refractivity contribution in [2.24, 2.45) is 0 Å². The number of aromatic nitrogens is 4. The minimum atomic E-state index is -0.658. The van der Waals surface area contributed by atoms with Gasteiger partial charge < -0.3 is 25.6 Å². The van der Waals surface area contributed by atoms with Gasteiger partial charge in [0, 0.05) is 54.7 Å². The fourth-order valence-electron chi connectivity index (χ4n) is 8.78. The number of ether oxygens (including phenoxy) is 1. The lowest BCUT2D eigenvalue weighted by Crippen LogP contribution is -2.52. The maximum atomic E-state index is 13.9. The van der Waals surface area contributed by atoms with Gasteiger partial charge in [0.2, 0.25) is 11.8 Å². The van der Waals surface area contributed by atoms with E-state index in [2.05, 4.69) is 38.5 Å². The van der Waals surface area contributed by atoms with E-state index in [0.717, 1.165) is 61.0 Å². The zero-order valence-corrected chi connectivity index (χ0v) is 36.7. The third-order valence-corrected chi connectivity index (χ3v) is 12.1. The molecule has 2 fully saturated rings. The first-order valence-electron chi connectivity index (χ1n) is 22.2. The lowest BCUT2D eigenvalue weighted by atomic mass is 9.99. The highest BCUT2D eigenvalue weighted by Gasteiger charge is 2.40. The van der Waals surface area contributed by atoms with Crippen LogP contribution in [0.3, 0.4) is 0 Å². The quantitative estimate of drug-likeness (QED) is 0.0356. The Bertz CT molecular complexity index is 2750. The molecule has 0 aliphatic carbocycles. The summed E-state index contributed by atoms with van der Waals surface area (Å²) in [5.41, 5.74) is 10.1. The number of unbranched alkanes of at least 4 members (excludes halogenated alkanes) is 4. The van der Waals surface area contributed by atoms with Crippen LogP contribution in [-0.4, -0.2) is 84.4 Å². The van der Waals surface area contributed by atoms with Crippen molar-refractivity contribution >= 4 is 40.5 Å². The number of imide groups is 1. The van der Waals surface area contributed by atoms with Gasteiger partial charge in [0.25, 0.3) is 11.8 Å². The Morgan fingerprint density at radius 3 is 2.55 bits per heavy atom. The number of rotatable bonds is 14. The van der Waals surface area contributed by atoms with Crippen LogP contribution in [0.4, 0.5) is 5.82 Å². The first-order valence-corrected chi connectivity index (χ1v) is 22.2. The van der Waals surface area contributed by atoms with Crippen molar-refractivity contribution in [2.45, 2.75) is 95.8 Å². The molecule has 15 nitrogen and oxygen atoms in total. The first-order chi connectivity index (χ1) is 31.5. The number of hydrogen-bond acceptors (Lipinski definition) is 11. The van der Waals surface area contributed by atoms with Gasteiger partial charge in [0.15, 0.2) is 5.65 Å². The van der Waals surface area contributed by atoms with Crippen molar-refractivity contribution in [3.05, 3.63) is 107 Å². The molecule has 1 unspecified atom stereocenters. The van der Waals surface area contributed by atoms with Gasteiger partial charge in [-0.25, -0.2) is 14.6 Å². The van der Waals surface area contributed by atoms with Crippen molar-refractivity contribution in [3.8, 4) is 40.7 Å². The molecule has 2 saturated heterocycles. The number of carbonyl (C=O) groups excluding carboxylic acids is 4. The molecule has 65 heavy (non-hydrogen) atoms. The molecule has 15 heteroatoms. The summed E-state index contributed by atoms with van der Waals surface area (Å²) in [5.74, 6) is 6.98. The van der Waals surface area contributed by atoms with Crippen molar-refractivity contribution in [1.82, 2.24) is 40.2 Å². The number of nitrogens with one attached hydrogen (secondary N) is 2. The van der Waals surface area contributed by atoms with Gasteiger partial charge in [-0.05, 0) is 113 Å². The Hall–Kier alpha value is -7.36. The lowest BCUT2D eigenvalue weighted by Gasteiger charge is -2.33. The molecule has 332 valence electrons. The number of nitrogens with two attached hydrogens (primary N) is 1. The van der Waals surface area contributed by atoms with Crippen LogP contribution >= 0.6 is 0 Å². The van der Waals surface area contributed by atoms with E-state index < -0.39 is 17.5 Å². The molecule has 4 N–H and O–H groups in total. The lowest BCUT2D eigenvalue weighted by molar-refractivity contribution is -0.137. The normalized spacial score (nSPS) is 17.6. The van der Waals surface area contributed by atoms with Crippen LogP contribution in [0.25, 0.3) is 22.3 Å². The molecule has 0 spiro atoms. The molecule has 3 aliphatic rings. The number of carbonyl (C=O) groups is 4. The number of benzene rings is 3. The Kier molecular flexibility index (Phi) is 13.3. The summed E-state index contributed by atoms with van der Waals surface area (Å²) in [4.78, 5) is 63.3. The first kappa shape index (κ1) is 44.3. The van der Waals surface area contributed by atoms with Crippen LogP contribution in [0, 0.1) is 23.2 Å². The summed E-state index contributed by atoms with van der Waals surface area (Å²) < 4.78 is 7.84. The van der Waals surface area contributed by atoms with Crippen LogP contribution in [0.15, 0.2) is 90.8 Å². The molecule has 0 saturated carbocycles. The highest BCUT2D eigenvalue weighted by atomic mass is 16.5. The van der Waals surface area contributed by atoms with E-state index in [1.54, 1.807) is 21.9 Å². The Labute approximate surface area is 378 Å². The zero-order chi connectivity index (χ0) is 45.5. The average molecular weight is 873 g/mol. The van der Waals surface area contributed by atoms with E-state index in [0.29, 0.717) is 72.9 Å². The smallest absolute Gasteiger partial charge is 0.264 e. The number of para-hydroxylation sites is 1. The largest absolute Gasteiger partial charge is 0.457 e. The van der Waals surface area contributed by atoms with Crippen LogP contribution < -0.4 is 21.1 Å². The minimum Gasteiger partial charge on any atom is -0.457 e. The standard InChI is InChI=1S/C50H52N10O5/c1-50(2,55-26-11-6-4-3-5-8-14-33-15-12-19-39-40(33)31-59(49(39)64)41-24-25-42(61)56-47(41)62)28-35(29-51)48(63)58-27-13-16-36(30-58)60-46-43(45(52)53-32-54-46)44(57-60)34-20-22-38(23-21-34)65-37-17-9-7-10-18-37/h7,9-10,12,15,17-23,28,32,36,41,55H,3-6,11,13,16,24-27,30-31H2,1-2H3,(H2,52,53,54)(H,56,61,62)/t36-,41?/m1/s1. The van der Waals surface area contributed by atoms with E-state index in [1.807, 2.05) is 85.3 Å². The highest BCUT2D eigenvalue weighted by molar-refractivity contribution is 6.05. The molecular weight excluding hydrogens is 821 g/mol. The van der Waals surface area contributed by atoms with Crippen LogP contribution in [0.1, 0.15) is 99.2 Å². The number of piperidine rings is 2. The summed E-state index contributed by atoms with van der Waals surface area (Å²) in [6.45, 7) is 5.82. The van der Waals surface area contributed by atoms with Crippen molar-refractivity contribution in [1.29, 1.82) is 5.26 Å². The van der Waals surface area contributed by atoms with Gasteiger partial charge in [-0.1, -0.05) is 48.9 Å². The molecule has 3 aromatic carbocycles. The third kappa shape index (κ3) is 10.1. The third-order valence-electron chi connectivity index (χ3n) is 12.1. The molecule has 3 aliphatic heterocycles. The van der Waals surface area contributed by atoms with Gasteiger partial charge >= 0.3 is 0 Å². The van der Waals surface area contributed by atoms with E-state index in [-0.39, 0.29) is 35.8 Å². The molecule has 2 aromatic heterocycles. The molecule has 4 amide bonds. The summed E-state index contributed by atoms with van der Waals surface area (Å²) in [6, 6.07) is 24.0. The maximum Gasteiger partial charge on any atom is 0.264 e. The second-order valence-electron chi connectivity index (χ2n) is 17.3. The molecule has 8 rings (SSSR count). The predicted octanol–water partition coefficient (Wildman–Crippen LogP) is 6.61. The molecule has 2 atom stereocenters. The van der Waals surface area contributed by atoms with E-state index in [1.165, 1.54) is 6.33 Å². The van der Waals surface area contributed by atoms with Gasteiger partial charge in [0.1, 0.15) is 47.0 Å². The van der Waals surface area contributed by atoms with Crippen molar-refractivity contribution in [2.75, 3.05) is 25.4 Å². The van der Waals surface area contributed by atoms with Gasteiger partial charge in [0.05, 0.1) is 11.4 Å². The SMILES string of the molecule is CC(C)(C=C(C#N)C(=O)N1CCC[C@@H](n2nc(-c3ccc(Oc4ccccc4)cc3)c3c(N)ncnc32)C1)NCCCCCCC#Cc1cccc2c1CN(C1CCC(=O)NC1=O)C2=O. The molecule has 0 bridgehead atoms. The Morgan fingerprint density at radius 2 is 1.77 bits per heavy atom. The minimum absolute atomic E-state index is 0.0919. The summed E-state index contributed by atoms with van der Waals surface area (Å²) in [7, 11) is 0. The zero-order valence-electron chi connectivity index (χ0n) is 36.7. The number of amides is 4. The number of fused-ring (bicyclic) bond motifs is 2. The number of nitriles is 1. The molecule has 0 radical (unpaired) electrons. The Balaban J connectivity index is 0.819. The van der Waals surface area contributed by atoms with Gasteiger partial charge in [-0.15, -0.1) is 0 Å². The maximum absolute atomic E-state index is 13.9. The fourth-order valence-corrected chi connectivity index (χ4v) is 8.78. The number of nitrogens with zero attached hydrogens (tertiary/aromatic N) is 7. The predicted molar refractivity (Wildman–Crippen MR) is 245 cm³/mol. The number of likely N-dealkylation sites (tertiary alicyclic amines) is 1. The van der Waals surface area contributed by atoms with Crippen LogP contribution in [0.5, 0.6) is 11.5 Å². The van der Waals surface area contributed by atoms with Crippen molar-refractivity contribution < 1.29 is 23.9 Å². The number of nitrogen functional groups attached to an aromatic ring is 1. The van der Waals surface area contributed by atoms with Crippen LogP contribution in [-0.2, 0) is 20.9 Å². The second kappa shape index (κ2) is 19.6. The Morgan fingerprint density at radius 1 is 0.985 bits per heavy atom. The molecule has 5 aromatic rings.